The van der Waals surface area contributed by atoms with Crippen molar-refractivity contribution in [2.75, 3.05) is 41.3 Å². The van der Waals surface area contributed by atoms with Gasteiger partial charge in [0.05, 0.1) is 12.4 Å². The normalized spacial score (nSPS) is 14.0. The van der Waals surface area contributed by atoms with Gasteiger partial charge < -0.3 is 15.1 Å². The molecule has 1 aromatic carbocycles. The molecule has 0 saturated carbocycles. The Labute approximate surface area is 168 Å². The summed E-state index contributed by atoms with van der Waals surface area (Å²) >= 11 is 0. The number of hydrogen-bond acceptors (Lipinski definition) is 5. The van der Waals surface area contributed by atoms with Crippen molar-refractivity contribution in [3.8, 4) is 0 Å². The molecule has 1 amide bonds. The Morgan fingerprint density at radius 1 is 1.00 bits per heavy atom. The second kappa shape index (κ2) is 10.1. The summed E-state index contributed by atoms with van der Waals surface area (Å²) in [6.07, 6.45) is 9.18. The highest BCUT2D eigenvalue weighted by Gasteiger charge is 2.13. The van der Waals surface area contributed by atoms with E-state index in [0.29, 0.717) is 5.69 Å². The van der Waals surface area contributed by atoms with Crippen molar-refractivity contribution in [3.05, 3.63) is 42.4 Å². The summed E-state index contributed by atoms with van der Waals surface area (Å²) in [7, 11) is 0. The van der Waals surface area contributed by atoms with Crippen LogP contribution in [0.4, 0.5) is 17.2 Å². The van der Waals surface area contributed by atoms with Crippen LogP contribution < -0.4 is 15.1 Å². The number of nitrogens with zero attached hydrogens (tertiary/aromatic N) is 4. The fourth-order valence-corrected chi connectivity index (χ4v) is 3.59. The Kier molecular flexibility index (Phi) is 7.23. The fourth-order valence-electron chi connectivity index (χ4n) is 3.59. The number of carbonyl (C=O) groups excluding carboxylic acids is 1. The number of carbonyl (C=O) groups is 1. The van der Waals surface area contributed by atoms with Gasteiger partial charge >= 0.3 is 0 Å². The van der Waals surface area contributed by atoms with E-state index >= 15 is 0 Å². The van der Waals surface area contributed by atoms with Gasteiger partial charge in [-0.05, 0) is 56.4 Å². The van der Waals surface area contributed by atoms with Gasteiger partial charge in [0.1, 0.15) is 11.5 Å². The van der Waals surface area contributed by atoms with E-state index < -0.39 is 0 Å². The maximum Gasteiger partial charge on any atom is 0.275 e. The van der Waals surface area contributed by atoms with E-state index in [2.05, 4.69) is 51.1 Å². The summed E-state index contributed by atoms with van der Waals surface area (Å²) in [5.41, 5.74) is 2.32. The summed E-state index contributed by atoms with van der Waals surface area (Å²) in [6.45, 7) is 8.40. The number of piperidine rings is 1. The summed E-state index contributed by atoms with van der Waals surface area (Å²) in [4.78, 5) is 25.9. The maximum absolute atomic E-state index is 12.5. The zero-order valence-electron chi connectivity index (χ0n) is 17.0. The van der Waals surface area contributed by atoms with Crippen LogP contribution >= 0.6 is 0 Å². The molecule has 2 heterocycles. The highest BCUT2D eigenvalue weighted by molar-refractivity contribution is 6.02. The number of hydrogen-bond donors (Lipinski definition) is 1. The zero-order chi connectivity index (χ0) is 19.8. The molecular formula is C22H31N5O. The predicted octanol–water partition coefficient (Wildman–Crippen LogP) is 4.35. The molecule has 1 N–H and O–H groups in total. The van der Waals surface area contributed by atoms with Gasteiger partial charge in [-0.15, -0.1) is 0 Å². The molecule has 0 aliphatic carbocycles. The quantitative estimate of drug-likeness (QED) is 0.737. The first-order valence-electron chi connectivity index (χ1n) is 10.4. The lowest BCUT2D eigenvalue weighted by Crippen LogP contribution is -2.29. The maximum atomic E-state index is 12.5. The Morgan fingerprint density at radius 2 is 1.68 bits per heavy atom. The van der Waals surface area contributed by atoms with Crippen LogP contribution in [0.1, 0.15) is 56.4 Å². The molecule has 0 atom stereocenters. The monoisotopic (exact) mass is 381 g/mol. The average Bonchev–Trinajstić information content (AvgIpc) is 2.75. The van der Waals surface area contributed by atoms with Crippen molar-refractivity contribution < 1.29 is 4.79 Å². The van der Waals surface area contributed by atoms with Gasteiger partial charge in [-0.2, -0.15) is 0 Å². The second-order valence-corrected chi connectivity index (χ2v) is 7.30. The molecule has 0 spiro atoms. The molecule has 28 heavy (non-hydrogen) atoms. The van der Waals surface area contributed by atoms with Crippen LogP contribution in [0.5, 0.6) is 0 Å². The smallest absolute Gasteiger partial charge is 0.275 e. The van der Waals surface area contributed by atoms with E-state index in [-0.39, 0.29) is 5.91 Å². The molecule has 1 aliphatic rings. The van der Waals surface area contributed by atoms with Crippen LogP contribution in [0.15, 0.2) is 36.7 Å². The van der Waals surface area contributed by atoms with E-state index in [0.717, 1.165) is 50.5 Å². The molecule has 150 valence electrons. The number of aromatic nitrogens is 2. The van der Waals surface area contributed by atoms with E-state index in [4.69, 9.17) is 0 Å². The van der Waals surface area contributed by atoms with Crippen LogP contribution in [0.3, 0.4) is 0 Å². The SMILES string of the molecule is CCCN(CCC)c1cnc(C(=O)Nc2ccc(N3CCCCC3)cc2)cn1. The van der Waals surface area contributed by atoms with Crippen LogP contribution in [-0.4, -0.2) is 42.1 Å². The number of rotatable bonds is 8. The second-order valence-electron chi connectivity index (χ2n) is 7.30. The van der Waals surface area contributed by atoms with Crippen LogP contribution in [0.2, 0.25) is 0 Å². The molecule has 1 fully saturated rings. The Balaban J connectivity index is 1.61. The molecular weight excluding hydrogens is 350 g/mol. The lowest BCUT2D eigenvalue weighted by atomic mass is 10.1. The Morgan fingerprint density at radius 3 is 2.25 bits per heavy atom. The fraction of sp³-hybridized carbons (Fsp3) is 0.500. The van der Waals surface area contributed by atoms with E-state index in [1.165, 1.54) is 24.9 Å². The van der Waals surface area contributed by atoms with Gasteiger partial charge in [-0.3, -0.25) is 4.79 Å². The van der Waals surface area contributed by atoms with Crippen molar-refractivity contribution in [1.82, 2.24) is 9.97 Å². The van der Waals surface area contributed by atoms with Gasteiger partial charge in [0.25, 0.3) is 5.91 Å². The number of benzene rings is 1. The first kappa shape index (κ1) is 20.1. The number of anilines is 3. The molecule has 0 unspecified atom stereocenters. The van der Waals surface area contributed by atoms with E-state index in [1.807, 2.05) is 12.1 Å². The Hall–Kier alpha value is -2.63. The third-order valence-corrected chi connectivity index (χ3v) is 5.03. The summed E-state index contributed by atoms with van der Waals surface area (Å²) in [6, 6.07) is 8.05. The minimum atomic E-state index is -0.234. The lowest BCUT2D eigenvalue weighted by molar-refractivity contribution is 0.102. The lowest BCUT2D eigenvalue weighted by Gasteiger charge is -2.28. The number of nitrogens with one attached hydrogen (secondary N) is 1. The standard InChI is InChI=1S/C22H31N5O/c1-3-12-27(13-4-2)21-17-23-20(16-24-21)22(28)25-18-8-10-19(11-9-18)26-14-6-5-7-15-26/h8-11,16-17H,3-7,12-15H2,1-2H3,(H,25,28). The van der Waals surface area contributed by atoms with Crippen molar-refractivity contribution in [2.45, 2.75) is 46.0 Å². The van der Waals surface area contributed by atoms with E-state index in [9.17, 15) is 4.79 Å². The van der Waals surface area contributed by atoms with E-state index in [1.54, 1.807) is 12.4 Å². The first-order valence-corrected chi connectivity index (χ1v) is 10.4. The van der Waals surface area contributed by atoms with Crippen LogP contribution in [-0.2, 0) is 0 Å². The van der Waals surface area contributed by atoms with Gasteiger partial charge in [0.2, 0.25) is 0 Å². The third-order valence-electron chi connectivity index (χ3n) is 5.03. The molecule has 1 aromatic heterocycles. The van der Waals surface area contributed by atoms with Gasteiger partial charge in [0.15, 0.2) is 0 Å². The minimum Gasteiger partial charge on any atom is -0.372 e. The highest BCUT2D eigenvalue weighted by atomic mass is 16.1. The largest absolute Gasteiger partial charge is 0.372 e. The molecule has 0 bridgehead atoms. The van der Waals surface area contributed by atoms with Crippen molar-refractivity contribution in [2.24, 2.45) is 0 Å². The molecule has 1 saturated heterocycles. The number of amides is 1. The molecule has 0 radical (unpaired) electrons. The molecule has 6 heteroatoms. The predicted molar refractivity (Wildman–Crippen MR) is 115 cm³/mol. The van der Waals surface area contributed by atoms with Gasteiger partial charge in [-0.1, -0.05) is 13.8 Å². The topological polar surface area (TPSA) is 61.4 Å². The summed E-state index contributed by atoms with van der Waals surface area (Å²) in [5.74, 6) is 0.591. The highest BCUT2D eigenvalue weighted by Crippen LogP contribution is 2.22. The van der Waals surface area contributed by atoms with Gasteiger partial charge in [-0.25, -0.2) is 9.97 Å². The molecule has 2 aromatic rings. The third kappa shape index (κ3) is 5.21. The van der Waals surface area contributed by atoms with Crippen molar-refractivity contribution >= 4 is 23.1 Å². The zero-order valence-corrected chi connectivity index (χ0v) is 17.0. The first-order chi connectivity index (χ1) is 13.7. The van der Waals surface area contributed by atoms with Crippen LogP contribution in [0, 0.1) is 0 Å². The van der Waals surface area contributed by atoms with Crippen molar-refractivity contribution in [3.63, 3.8) is 0 Å². The van der Waals surface area contributed by atoms with Gasteiger partial charge in [0, 0.05) is 37.6 Å². The minimum absolute atomic E-state index is 0.234. The van der Waals surface area contributed by atoms with Crippen molar-refractivity contribution in [1.29, 1.82) is 0 Å². The van der Waals surface area contributed by atoms with Crippen LogP contribution in [0.25, 0.3) is 0 Å². The molecule has 6 nitrogen and oxygen atoms in total. The molecule has 1 aliphatic heterocycles. The summed E-state index contributed by atoms with van der Waals surface area (Å²) in [5, 5.41) is 2.91. The Bertz CT molecular complexity index is 733. The average molecular weight is 382 g/mol. The molecule has 3 rings (SSSR count). The summed E-state index contributed by atoms with van der Waals surface area (Å²) < 4.78 is 0.